The van der Waals surface area contributed by atoms with Gasteiger partial charge in [0.1, 0.15) is 17.3 Å². The van der Waals surface area contributed by atoms with Gasteiger partial charge in [-0.3, -0.25) is 14.4 Å². The van der Waals surface area contributed by atoms with E-state index in [0.717, 1.165) is 57.8 Å². The zero-order chi connectivity index (χ0) is 20.6. The summed E-state index contributed by atoms with van der Waals surface area (Å²) < 4.78 is 0. The number of rotatable bonds is 3. The maximum absolute atomic E-state index is 11.0. The first-order chi connectivity index (χ1) is 12.6. The molecule has 28 heavy (non-hydrogen) atoms. The third-order valence-electron chi connectivity index (χ3n) is 6.47. The van der Waals surface area contributed by atoms with E-state index in [0.29, 0.717) is 52.9 Å². The molecule has 0 saturated heterocycles. The van der Waals surface area contributed by atoms with E-state index in [-0.39, 0.29) is 7.43 Å². The zero-order valence-electron chi connectivity index (χ0n) is 18.6. The van der Waals surface area contributed by atoms with Crippen molar-refractivity contribution in [2.24, 2.45) is 35.5 Å². The quantitative estimate of drug-likeness (QED) is 0.537. The molecule has 3 heteroatoms. The summed E-state index contributed by atoms with van der Waals surface area (Å²) >= 11 is 0. The molecular formula is C25H46O3. The summed E-state index contributed by atoms with van der Waals surface area (Å²) in [5, 5.41) is 0. The molecule has 3 fully saturated rings. The van der Waals surface area contributed by atoms with Gasteiger partial charge in [0, 0.05) is 37.0 Å². The summed E-state index contributed by atoms with van der Waals surface area (Å²) in [6.07, 6.45) is 9.29. The smallest absolute Gasteiger partial charge is 0.136 e. The second kappa shape index (κ2) is 13.3. The van der Waals surface area contributed by atoms with Crippen molar-refractivity contribution >= 4 is 17.3 Å². The van der Waals surface area contributed by atoms with E-state index in [9.17, 15) is 14.4 Å². The van der Waals surface area contributed by atoms with Crippen LogP contribution < -0.4 is 0 Å². The number of hydrogen-bond acceptors (Lipinski definition) is 3. The molecule has 3 rings (SSSR count). The summed E-state index contributed by atoms with van der Waals surface area (Å²) in [7, 11) is 0. The second-order valence-electron chi connectivity index (χ2n) is 9.63. The summed E-state index contributed by atoms with van der Waals surface area (Å²) in [6, 6.07) is 0. The lowest BCUT2D eigenvalue weighted by molar-refractivity contribution is -0.122. The van der Waals surface area contributed by atoms with Gasteiger partial charge < -0.3 is 0 Å². The highest BCUT2D eigenvalue weighted by atomic mass is 16.1. The van der Waals surface area contributed by atoms with Crippen molar-refractivity contribution in [1.29, 1.82) is 0 Å². The summed E-state index contributed by atoms with van der Waals surface area (Å²) in [6.45, 7) is 12.8. The number of carbonyl (C=O) groups excluding carboxylic acids is 3. The average Bonchev–Trinajstić information content (AvgIpc) is 3.29. The molecule has 3 aliphatic rings. The van der Waals surface area contributed by atoms with Gasteiger partial charge in [-0.25, -0.2) is 0 Å². The van der Waals surface area contributed by atoms with Crippen LogP contribution in [0.1, 0.15) is 107 Å². The van der Waals surface area contributed by atoms with E-state index < -0.39 is 0 Å². The molecule has 0 amide bonds. The predicted molar refractivity (Wildman–Crippen MR) is 118 cm³/mol. The Morgan fingerprint density at radius 1 is 0.536 bits per heavy atom. The Morgan fingerprint density at radius 2 is 0.750 bits per heavy atom. The van der Waals surface area contributed by atoms with Crippen molar-refractivity contribution in [1.82, 2.24) is 0 Å². The van der Waals surface area contributed by atoms with Crippen molar-refractivity contribution in [2.45, 2.75) is 107 Å². The SMILES string of the molecule is C.CC(C)C1CCCC1=O.CC(C)[C@@H]1CCCC1=O.CC(C)[C@H]1CCCC1=O. The largest absolute Gasteiger partial charge is 0.299 e. The van der Waals surface area contributed by atoms with Gasteiger partial charge >= 0.3 is 0 Å². The highest BCUT2D eigenvalue weighted by Gasteiger charge is 2.27. The van der Waals surface area contributed by atoms with Gasteiger partial charge in [-0.05, 0) is 56.3 Å². The number of Topliss-reactive ketones (excluding diaryl/α,β-unsaturated/α-hetero) is 3. The van der Waals surface area contributed by atoms with E-state index in [2.05, 4.69) is 41.5 Å². The first-order valence-electron chi connectivity index (χ1n) is 11.2. The van der Waals surface area contributed by atoms with Crippen molar-refractivity contribution in [2.75, 3.05) is 0 Å². The van der Waals surface area contributed by atoms with Crippen LogP contribution in [-0.4, -0.2) is 17.3 Å². The van der Waals surface area contributed by atoms with Crippen molar-refractivity contribution < 1.29 is 14.4 Å². The highest BCUT2D eigenvalue weighted by molar-refractivity contribution is 5.83. The van der Waals surface area contributed by atoms with E-state index in [1.807, 2.05) is 0 Å². The minimum Gasteiger partial charge on any atom is -0.299 e. The lowest BCUT2D eigenvalue weighted by atomic mass is 9.94. The van der Waals surface area contributed by atoms with Gasteiger partial charge in [0.25, 0.3) is 0 Å². The fourth-order valence-corrected chi connectivity index (χ4v) is 4.64. The van der Waals surface area contributed by atoms with Crippen LogP contribution in [-0.2, 0) is 14.4 Å². The topological polar surface area (TPSA) is 51.2 Å². The van der Waals surface area contributed by atoms with Gasteiger partial charge in [-0.2, -0.15) is 0 Å². The lowest BCUT2D eigenvalue weighted by Crippen LogP contribution is -2.12. The van der Waals surface area contributed by atoms with Crippen LogP contribution in [0.15, 0.2) is 0 Å². The lowest BCUT2D eigenvalue weighted by Gasteiger charge is -2.10. The molecule has 0 aliphatic heterocycles. The Labute approximate surface area is 174 Å². The van der Waals surface area contributed by atoms with Crippen LogP contribution in [0.3, 0.4) is 0 Å². The third kappa shape index (κ3) is 8.57. The molecule has 0 heterocycles. The molecule has 3 nitrogen and oxygen atoms in total. The van der Waals surface area contributed by atoms with Crippen LogP contribution in [0.4, 0.5) is 0 Å². The number of ketones is 3. The maximum Gasteiger partial charge on any atom is 0.136 e. The summed E-state index contributed by atoms with van der Waals surface area (Å²) in [5.74, 6) is 4.36. The van der Waals surface area contributed by atoms with Crippen LogP contribution in [0.25, 0.3) is 0 Å². The Bertz CT molecular complexity index is 419. The molecule has 0 aromatic rings. The van der Waals surface area contributed by atoms with Gasteiger partial charge in [-0.15, -0.1) is 0 Å². The molecule has 0 spiro atoms. The van der Waals surface area contributed by atoms with Gasteiger partial charge in [0.2, 0.25) is 0 Å². The Morgan fingerprint density at radius 3 is 0.821 bits per heavy atom. The molecule has 3 saturated carbocycles. The first kappa shape index (κ1) is 27.0. The minimum atomic E-state index is 0. The minimum absolute atomic E-state index is 0. The van der Waals surface area contributed by atoms with Crippen molar-refractivity contribution in [3.05, 3.63) is 0 Å². The molecule has 3 atom stereocenters. The number of carbonyl (C=O) groups is 3. The summed E-state index contributed by atoms with van der Waals surface area (Å²) in [5.41, 5.74) is 0. The molecule has 164 valence electrons. The maximum atomic E-state index is 11.0. The van der Waals surface area contributed by atoms with Crippen LogP contribution >= 0.6 is 0 Å². The van der Waals surface area contributed by atoms with Crippen LogP contribution in [0.2, 0.25) is 0 Å². The monoisotopic (exact) mass is 394 g/mol. The molecule has 3 aliphatic carbocycles. The van der Waals surface area contributed by atoms with Crippen LogP contribution in [0.5, 0.6) is 0 Å². The zero-order valence-corrected chi connectivity index (χ0v) is 18.6. The molecule has 0 aromatic carbocycles. The standard InChI is InChI=1S/3C8H14O.CH4/c3*1-6(2)7-4-3-5-8(7)9;/h3*6-7H,3-5H2,1-2H3;1H4/t2*7-;;/m10../s1. The highest BCUT2D eigenvalue weighted by Crippen LogP contribution is 2.28. The fourth-order valence-electron chi connectivity index (χ4n) is 4.64. The fraction of sp³-hybridized carbons (Fsp3) is 0.880. The molecule has 0 N–H and O–H groups in total. The van der Waals surface area contributed by atoms with Gasteiger partial charge in [0.05, 0.1) is 0 Å². The third-order valence-corrected chi connectivity index (χ3v) is 6.47. The molecule has 1 unspecified atom stereocenters. The van der Waals surface area contributed by atoms with Crippen molar-refractivity contribution in [3.63, 3.8) is 0 Å². The van der Waals surface area contributed by atoms with Gasteiger partial charge in [-0.1, -0.05) is 49.0 Å². The normalized spacial score (nSPS) is 26.9. The average molecular weight is 395 g/mol. The number of hydrogen-bond donors (Lipinski definition) is 0. The molecule has 0 bridgehead atoms. The summed E-state index contributed by atoms with van der Waals surface area (Å²) in [4.78, 5) is 33.0. The predicted octanol–water partition coefficient (Wildman–Crippen LogP) is 6.67. The van der Waals surface area contributed by atoms with E-state index in [1.54, 1.807) is 0 Å². The van der Waals surface area contributed by atoms with Gasteiger partial charge in [0.15, 0.2) is 0 Å². The molecule has 0 radical (unpaired) electrons. The Kier molecular flexibility index (Phi) is 12.8. The van der Waals surface area contributed by atoms with Crippen molar-refractivity contribution in [3.8, 4) is 0 Å². The molecular weight excluding hydrogens is 348 g/mol. The van der Waals surface area contributed by atoms with E-state index in [1.165, 1.54) is 0 Å². The van der Waals surface area contributed by atoms with Crippen LogP contribution in [0, 0.1) is 35.5 Å². The molecule has 0 aromatic heterocycles. The second-order valence-corrected chi connectivity index (χ2v) is 9.63. The first-order valence-corrected chi connectivity index (χ1v) is 11.2. The van der Waals surface area contributed by atoms with E-state index >= 15 is 0 Å². The Balaban J connectivity index is 0.000000384. The van der Waals surface area contributed by atoms with E-state index in [4.69, 9.17) is 0 Å². The Hall–Kier alpha value is -0.990.